The molecule has 0 unspecified atom stereocenters. The Bertz CT molecular complexity index is 1790. The molecule has 0 bridgehead atoms. The van der Waals surface area contributed by atoms with Crippen molar-refractivity contribution in [1.82, 2.24) is 14.8 Å². The number of amides is 2. The van der Waals surface area contributed by atoms with E-state index >= 15 is 0 Å². The molecule has 7 rings (SSSR count). The number of likely N-dealkylation sites (tertiary alicyclic amines) is 1. The number of nitrogens with zero attached hydrogens (tertiary/aromatic N) is 2. The first-order chi connectivity index (χ1) is 19.5. The molecule has 7 nitrogen and oxygen atoms in total. The molecular formula is C33H29N3O4. The number of aromatic nitrogens is 1. The smallest absolute Gasteiger partial charge is 0.259 e. The highest BCUT2D eigenvalue weighted by Gasteiger charge is 2.35. The van der Waals surface area contributed by atoms with Crippen molar-refractivity contribution in [3.05, 3.63) is 102 Å². The van der Waals surface area contributed by atoms with Crippen LogP contribution in [-0.4, -0.2) is 40.5 Å². The third kappa shape index (κ3) is 4.28. The molecule has 2 aliphatic rings. The van der Waals surface area contributed by atoms with Gasteiger partial charge in [0.2, 0.25) is 0 Å². The first-order valence-corrected chi connectivity index (χ1v) is 13.6. The van der Waals surface area contributed by atoms with Gasteiger partial charge in [-0.15, -0.1) is 0 Å². The van der Waals surface area contributed by atoms with E-state index in [9.17, 15) is 9.59 Å². The van der Waals surface area contributed by atoms with E-state index in [0.29, 0.717) is 33.6 Å². The van der Waals surface area contributed by atoms with Crippen LogP contribution >= 0.6 is 0 Å². The van der Waals surface area contributed by atoms with Crippen LogP contribution in [0.4, 0.5) is 0 Å². The summed E-state index contributed by atoms with van der Waals surface area (Å²) in [6.45, 7) is 2.84. The number of carbonyl (C=O) groups is 2. The first-order valence-electron chi connectivity index (χ1n) is 13.6. The van der Waals surface area contributed by atoms with E-state index in [-0.39, 0.29) is 6.10 Å². The van der Waals surface area contributed by atoms with Crippen LogP contribution in [0.2, 0.25) is 0 Å². The number of ether oxygens (including phenoxy) is 1. The van der Waals surface area contributed by atoms with Gasteiger partial charge in [0.05, 0.1) is 17.4 Å². The van der Waals surface area contributed by atoms with Gasteiger partial charge in [0.1, 0.15) is 17.4 Å². The largest absolute Gasteiger partial charge is 0.490 e. The normalized spacial score (nSPS) is 16.8. The molecule has 1 saturated heterocycles. The predicted octanol–water partition coefficient (Wildman–Crippen LogP) is 5.54. The van der Waals surface area contributed by atoms with Gasteiger partial charge in [-0.2, -0.15) is 0 Å². The van der Waals surface area contributed by atoms with Crippen molar-refractivity contribution in [2.45, 2.75) is 25.5 Å². The van der Waals surface area contributed by atoms with Gasteiger partial charge in [-0.05, 0) is 42.7 Å². The van der Waals surface area contributed by atoms with Crippen LogP contribution in [0, 0.1) is 0 Å². The van der Waals surface area contributed by atoms with Gasteiger partial charge >= 0.3 is 0 Å². The number of nitrogens with one attached hydrogen (secondary N) is 1. The van der Waals surface area contributed by atoms with Crippen molar-refractivity contribution in [2.24, 2.45) is 7.05 Å². The van der Waals surface area contributed by atoms with Gasteiger partial charge in [-0.25, -0.2) is 0 Å². The quantitative estimate of drug-likeness (QED) is 0.292. The number of piperidine rings is 1. The predicted molar refractivity (Wildman–Crippen MR) is 154 cm³/mol. The van der Waals surface area contributed by atoms with E-state index in [1.54, 1.807) is 6.26 Å². The van der Waals surface area contributed by atoms with Crippen molar-refractivity contribution >= 4 is 44.8 Å². The second-order valence-corrected chi connectivity index (χ2v) is 10.6. The Labute approximate surface area is 231 Å². The highest BCUT2D eigenvalue weighted by atomic mass is 16.5. The summed E-state index contributed by atoms with van der Waals surface area (Å²) in [5.41, 5.74) is 4.79. The number of fused-ring (bicyclic) bond motifs is 2. The van der Waals surface area contributed by atoms with Crippen molar-refractivity contribution < 1.29 is 18.7 Å². The number of hydrogen-bond acceptors (Lipinski definition) is 5. The average Bonchev–Trinajstić information content (AvgIpc) is 3.65. The lowest BCUT2D eigenvalue weighted by molar-refractivity contribution is -0.122. The molecular weight excluding hydrogens is 502 g/mol. The molecule has 1 fully saturated rings. The van der Waals surface area contributed by atoms with Crippen LogP contribution in [0.25, 0.3) is 33.0 Å². The Morgan fingerprint density at radius 1 is 0.900 bits per heavy atom. The summed E-state index contributed by atoms with van der Waals surface area (Å²) in [7, 11) is 1.94. The van der Waals surface area contributed by atoms with E-state index < -0.39 is 11.8 Å². The minimum absolute atomic E-state index is 0.0646. The zero-order chi connectivity index (χ0) is 27.2. The third-order valence-corrected chi connectivity index (χ3v) is 7.98. The summed E-state index contributed by atoms with van der Waals surface area (Å²) < 4.78 is 14.3. The van der Waals surface area contributed by atoms with Crippen LogP contribution in [-0.2, 0) is 23.2 Å². The molecule has 4 heterocycles. The maximum absolute atomic E-state index is 13.3. The molecule has 0 spiro atoms. The average molecular weight is 532 g/mol. The van der Waals surface area contributed by atoms with Gasteiger partial charge < -0.3 is 13.7 Å². The van der Waals surface area contributed by atoms with Crippen molar-refractivity contribution in [3.8, 4) is 5.75 Å². The first kappa shape index (κ1) is 24.4. The minimum atomic E-state index is -0.433. The zero-order valence-corrected chi connectivity index (χ0v) is 22.2. The second-order valence-electron chi connectivity index (χ2n) is 10.6. The number of carbonyl (C=O) groups excluding carboxylic acids is 2. The molecule has 2 amide bonds. The molecule has 1 N–H and O–H groups in total. The molecule has 3 aromatic carbocycles. The summed E-state index contributed by atoms with van der Waals surface area (Å²) in [6, 6.07) is 24.0. The van der Waals surface area contributed by atoms with Crippen molar-refractivity contribution in [1.29, 1.82) is 0 Å². The minimum Gasteiger partial charge on any atom is -0.490 e. The summed E-state index contributed by atoms with van der Waals surface area (Å²) in [5.74, 6) is -0.174. The van der Waals surface area contributed by atoms with E-state index in [4.69, 9.17) is 9.15 Å². The lowest BCUT2D eigenvalue weighted by Gasteiger charge is -2.32. The highest BCUT2D eigenvalue weighted by molar-refractivity contribution is 6.50. The van der Waals surface area contributed by atoms with Gasteiger partial charge in [-0.3, -0.25) is 19.8 Å². The molecule has 0 atom stereocenters. The van der Waals surface area contributed by atoms with Crippen molar-refractivity contribution in [2.75, 3.05) is 13.1 Å². The van der Waals surface area contributed by atoms with Gasteiger partial charge in [0, 0.05) is 60.3 Å². The Kier molecular flexibility index (Phi) is 6.01. The summed E-state index contributed by atoms with van der Waals surface area (Å²) in [6.07, 6.45) is 5.39. The van der Waals surface area contributed by atoms with E-state index in [0.717, 1.165) is 48.8 Å². The van der Waals surface area contributed by atoms with Crippen LogP contribution in [0.3, 0.4) is 0 Å². The molecule has 0 radical (unpaired) electrons. The Morgan fingerprint density at radius 2 is 1.62 bits per heavy atom. The van der Waals surface area contributed by atoms with Gasteiger partial charge in [-0.1, -0.05) is 48.5 Å². The maximum Gasteiger partial charge on any atom is 0.259 e. The monoisotopic (exact) mass is 531 g/mol. The standard InChI is InChI=1S/C33H29N3O4/c1-35-20-27(25-9-5-6-10-28(25)35)30-29(32(37)34-33(30)38)26-18-24(17-22-13-16-39-31(22)26)40-23-11-14-36(15-12-23)19-21-7-3-2-4-8-21/h2-10,13,16-18,20,23H,11-12,14-15,19H2,1H3,(H,34,37,38). The molecule has 0 aliphatic carbocycles. The molecule has 0 saturated carbocycles. The van der Waals surface area contributed by atoms with Gasteiger partial charge in [0.25, 0.3) is 11.8 Å². The fourth-order valence-corrected chi connectivity index (χ4v) is 6.04. The third-order valence-electron chi connectivity index (χ3n) is 7.98. The number of rotatable bonds is 6. The number of furan rings is 1. The summed E-state index contributed by atoms with van der Waals surface area (Å²) >= 11 is 0. The molecule has 200 valence electrons. The Morgan fingerprint density at radius 3 is 2.42 bits per heavy atom. The van der Waals surface area contributed by atoms with E-state index in [1.165, 1.54) is 5.56 Å². The highest BCUT2D eigenvalue weighted by Crippen LogP contribution is 2.40. The van der Waals surface area contributed by atoms with E-state index in [2.05, 4.69) is 34.5 Å². The second kappa shape index (κ2) is 9.84. The number of hydrogen-bond donors (Lipinski definition) is 1. The number of para-hydroxylation sites is 1. The molecule has 2 aromatic heterocycles. The molecule has 2 aliphatic heterocycles. The fraction of sp³-hybridized carbons (Fsp3) is 0.212. The zero-order valence-electron chi connectivity index (χ0n) is 22.2. The molecule has 7 heteroatoms. The number of aryl methyl sites for hydroxylation is 1. The summed E-state index contributed by atoms with van der Waals surface area (Å²) in [4.78, 5) is 28.9. The van der Waals surface area contributed by atoms with Crippen molar-refractivity contribution in [3.63, 3.8) is 0 Å². The van der Waals surface area contributed by atoms with Crippen LogP contribution in [0.15, 0.2) is 89.7 Å². The topological polar surface area (TPSA) is 76.7 Å². The van der Waals surface area contributed by atoms with Crippen LogP contribution in [0.5, 0.6) is 5.75 Å². The maximum atomic E-state index is 13.3. The fourth-order valence-electron chi connectivity index (χ4n) is 6.04. The lowest BCUT2D eigenvalue weighted by atomic mass is 9.94. The molecule has 40 heavy (non-hydrogen) atoms. The number of imide groups is 1. The van der Waals surface area contributed by atoms with E-state index in [1.807, 2.05) is 66.3 Å². The number of benzene rings is 3. The lowest BCUT2D eigenvalue weighted by Crippen LogP contribution is -2.37. The van der Waals surface area contributed by atoms with Gasteiger partial charge in [0.15, 0.2) is 0 Å². The van der Waals surface area contributed by atoms with Crippen LogP contribution in [0.1, 0.15) is 29.5 Å². The SMILES string of the molecule is Cn1cc(C2=C(c3cc(OC4CCN(Cc5ccccc5)CC4)cc4ccoc34)C(=O)NC2=O)c2ccccc21. The van der Waals surface area contributed by atoms with Crippen LogP contribution < -0.4 is 10.1 Å². The summed E-state index contributed by atoms with van der Waals surface area (Å²) in [5, 5.41) is 4.26. The Balaban J connectivity index is 1.22. The molecule has 5 aromatic rings. The Hall–Kier alpha value is -4.62.